The number of nitrogens with one attached hydrogen (secondary N) is 1. The van der Waals surface area contributed by atoms with E-state index in [1.165, 1.54) is 12.1 Å². The number of rotatable bonds is 6. The average Bonchev–Trinajstić information content (AvgIpc) is 3.38. The smallest absolute Gasteiger partial charge is 0.273 e. The molecule has 0 saturated heterocycles. The number of benzene rings is 3. The first-order valence-corrected chi connectivity index (χ1v) is 10.5. The van der Waals surface area contributed by atoms with Crippen LogP contribution in [0.5, 0.6) is 5.75 Å². The largest absolute Gasteiger partial charge is 0.497 e. The Morgan fingerprint density at radius 2 is 1.72 bits per heavy atom. The van der Waals surface area contributed by atoms with Gasteiger partial charge in [-0.15, -0.1) is 0 Å². The number of carbonyl (C=O) groups excluding carboxylic acids is 1. The monoisotopic (exact) mass is 427 g/mol. The molecule has 1 aliphatic heterocycles. The number of hydrogen-bond donors (Lipinski definition) is 1. The van der Waals surface area contributed by atoms with Crippen LogP contribution in [-0.4, -0.2) is 34.7 Å². The zero-order valence-corrected chi connectivity index (χ0v) is 17.6. The van der Waals surface area contributed by atoms with E-state index < -0.39 is 0 Å². The first-order valence-electron chi connectivity index (χ1n) is 10.5. The lowest BCUT2D eigenvalue weighted by molar-refractivity contribution is 0.0746. The minimum absolute atomic E-state index is 0.0995. The van der Waals surface area contributed by atoms with Crippen molar-refractivity contribution in [3.05, 3.63) is 107 Å². The fourth-order valence-electron chi connectivity index (χ4n) is 4.28. The number of fused-ring (bicyclic) bond motifs is 1. The second kappa shape index (κ2) is 8.30. The van der Waals surface area contributed by atoms with Crippen molar-refractivity contribution in [1.82, 2.24) is 15.1 Å². The minimum Gasteiger partial charge on any atom is -0.497 e. The summed E-state index contributed by atoms with van der Waals surface area (Å²) in [7, 11) is 1.64. The molecule has 6 heteroatoms. The Morgan fingerprint density at radius 1 is 1.00 bits per heavy atom. The molecule has 160 valence electrons. The van der Waals surface area contributed by atoms with Crippen molar-refractivity contribution < 1.29 is 13.9 Å². The van der Waals surface area contributed by atoms with Crippen molar-refractivity contribution in [2.45, 2.75) is 12.5 Å². The molecule has 0 bridgehead atoms. The Labute approximate surface area is 185 Å². The van der Waals surface area contributed by atoms with E-state index in [1.807, 2.05) is 59.5 Å². The molecular weight excluding hydrogens is 405 g/mol. The zero-order valence-electron chi connectivity index (χ0n) is 17.6. The van der Waals surface area contributed by atoms with E-state index in [2.05, 4.69) is 10.2 Å². The number of carbonyl (C=O) groups is 1. The summed E-state index contributed by atoms with van der Waals surface area (Å²) in [4.78, 5) is 15.2. The lowest BCUT2D eigenvalue weighted by atomic mass is 9.96. The van der Waals surface area contributed by atoms with Crippen LogP contribution in [0.2, 0.25) is 0 Å². The standard InChI is InChI=1S/C26H22FN3O2/c1-32-21-13-7-17(8-14-21)15-16-30-25(19-9-11-20(27)12-10-19)22-23(18-5-3-2-4-6-18)28-29-24(22)26(30)31/h2-14,25H,15-16H2,1H3,(H,28,29). The van der Waals surface area contributed by atoms with Gasteiger partial charge < -0.3 is 9.64 Å². The van der Waals surface area contributed by atoms with Crippen LogP contribution in [0.4, 0.5) is 4.39 Å². The summed E-state index contributed by atoms with van der Waals surface area (Å²) in [5.74, 6) is 0.389. The van der Waals surface area contributed by atoms with E-state index in [-0.39, 0.29) is 17.8 Å². The summed E-state index contributed by atoms with van der Waals surface area (Å²) >= 11 is 0. The number of nitrogens with zero attached hydrogens (tertiary/aromatic N) is 2. The normalized spacial score (nSPS) is 15.1. The second-order valence-electron chi connectivity index (χ2n) is 7.78. The maximum atomic E-state index is 13.6. The highest BCUT2D eigenvalue weighted by Gasteiger charge is 2.41. The van der Waals surface area contributed by atoms with Crippen LogP contribution in [0.1, 0.15) is 33.2 Å². The van der Waals surface area contributed by atoms with Crippen LogP contribution < -0.4 is 4.74 Å². The second-order valence-corrected chi connectivity index (χ2v) is 7.78. The van der Waals surface area contributed by atoms with Gasteiger partial charge in [0, 0.05) is 17.7 Å². The third-order valence-corrected chi connectivity index (χ3v) is 5.90. The molecule has 2 heterocycles. The Balaban J connectivity index is 1.52. The molecule has 1 aliphatic rings. The van der Waals surface area contributed by atoms with Crippen molar-refractivity contribution in [3.8, 4) is 17.0 Å². The number of halogens is 1. The van der Waals surface area contributed by atoms with Crippen LogP contribution >= 0.6 is 0 Å². The maximum absolute atomic E-state index is 13.6. The molecule has 5 rings (SSSR count). The number of amides is 1. The SMILES string of the molecule is COc1ccc(CCN2C(=O)c3[nH]nc(-c4ccccc4)c3C2c2ccc(F)cc2)cc1. The van der Waals surface area contributed by atoms with Crippen molar-refractivity contribution >= 4 is 5.91 Å². The van der Waals surface area contributed by atoms with Gasteiger partial charge in [-0.25, -0.2) is 4.39 Å². The van der Waals surface area contributed by atoms with Gasteiger partial charge in [-0.1, -0.05) is 54.6 Å². The molecule has 1 unspecified atom stereocenters. The number of aromatic nitrogens is 2. The van der Waals surface area contributed by atoms with Gasteiger partial charge in [-0.2, -0.15) is 5.10 Å². The first kappa shape index (κ1) is 20.0. The van der Waals surface area contributed by atoms with Crippen molar-refractivity contribution in [2.24, 2.45) is 0 Å². The molecule has 1 N–H and O–H groups in total. The van der Waals surface area contributed by atoms with E-state index in [0.717, 1.165) is 33.7 Å². The molecule has 1 atom stereocenters. The third kappa shape index (κ3) is 3.54. The molecule has 4 aromatic rings. The van der Waals surface area contributed by atoms with E-state index >= 15 is 0 Å². The molecule has 1 amide bonds. The third-order valence-electron chi connectivity index (χ3n) is 5.90. The Kier molecular flexibility index (Phi) is 5.19. The molecule has 1 aromatic heterocycles. The molecular formula is C26H22FN3O2. The quantitative estimate of drug-likeness (QED) is 0.470. The van der Waals surface area contributed by atoms with Crippen LogP contribution in [0.3, 0.4) is 0 Å². The van der Waals surface area contributed by atoms with Crippen molar-refractivity contribution in [3.63, 3.8) is 0 Å². The fraction of sp³-hybridized carbons (Fsp3) is 0.154. The highest BCUT2D eigenvalue weighted by atomic mass is 19.1. The van der Waals surface area contributed by atoms with Gasteiger partial charge in [0.25, 0.3) is 5.91 Å². The molecule has 5 nitrogen and oxygen atoms in total. The van der Waals surface area contributed by atoms with Crippen LogP contribution in [0.15, 0.2) is 78.9 Å². The molecule has 0 saturated carbocycles. The van der Waals surface area contributed by atoms with Gasteiger partial charge in [0.15, 0.2) is 0 Å². The predicted octanol–water partition coefficient (Wildman–Crippen LogP) is 5.01. The van der Waals surface area contributed by atoms with Crippen molar-refractivity contribution in [1.29, 1.82) is 0 Å². The number of hydrogen-bond acceptors (Lipinski definition) is 3. The summed E-state index contributed by atoms with van der Waals surface area (Å²) in [6, 6.07) is 23.6. The minimum atomic E-state index is -0.342. The first-order chi connectivity index (χ1) is 15.7. The summed E-state index contributed by atoms with van der Waals surface area (Å²) in [6.45, 7) is 0.518. The zero-order chi connectivity index (χ0) is 22.1. The molecule has 32 heavy (non-hydrogen) atoms. The maximum Gasteiger partial charge on any atom is 0.273 e. The van der Waals surface area contributed by atoms with Crippen LogP contribution in [-0.2, 0) is 6.42 Å². The Morgan fingerprint density at radius 3 is 2.41 bits per heavy atom. The van der Waals surface area contributed by atoms with E-state index in [4.69, 9.17) is 4.74 Å². The summed E-state index contributed by atoms with van der Waals surface area (Å²) in [5, 5.41) is 7.42. The van der Waals surface area contributed by atoms with Crippen LogP contribution in [0, 0.1) is 5.82 Å². The van der Waals surface area contributed by atoms with Gasteiger partial charge in [-0.05, 0) is 41.8 Å². The summed E-state index contributed by atoms with van der Waals surface area (Å²) in [5.41, 5.74) is 4.97. The number of aromatic amines is 1. The number of H-pyrrole nitrogens is 1. The van der Waals surface area contributed by atoms with Gasteiger partial charge >= 0.3 is 0 Å². The molecule has 0 aliphatic carbocycles. The van der Waals surface area contributed by atoms with Crippen LogP contribution in [0.25, 0.3) is 11.3 Å². The topological polar surface area (TPSA) is 58.2 Å². The van der Waals surface area contributed by atoms with E-state index in [9.17, 15) is 9.18 Å². The number of methoxy groups -OCH3 is 1. The highest BCUT2D eigenvalue weighted by molar-refractivity contribution is 6.00. The van der Waals surface area contributed by atoms with Crippen molar-refractivity contribution in [2.75, 3.05) is 13.7 Å². The van der Waals surface area contributed by atoms with Gasteiger partial charge in [0.1, 0.15) is 17.3 Å². The Hall–Kier alpha value is -3.93. The van der Waals surface area contributed by atoms with Gasteiger partial charge in [0.05, 0.1) is 18.8 Å². The summed E-state index contributed by atoms with van der Waals surface area (Å²) in [6.07, 6.45) is 0.686. The Bertz CT molecular complexity index is 1230. The lowest BCUT2D eigenvalue weighted by Gasteiger charge is -2.26. The summed E-state index contributed by atoms with van der Waals surface area (Å²) < 4.78 is 18.9. The van der Waals surface area contributed by atoms with E-state index in [1.54, 1.807) is 19.2 Å². The average molecular weight is 427 g/mol. The molecule has 0 spiro atoms. The molecule has 0 fully saturated rings. The molecule has 0 radical (unpaired) electrons. The predicted molar refractivity (Wildman–Crippen MR) is 120 cm³/mol. The molecule has 3 aromatic carbocycles. The lowest BCUT2D eigenvalue weighted by Crippen LogP contribution is -2.31. The number of ether oxygens (including phenoxy) is 1. The highest BCUT2D eigenvalue weighted by Crippen LogP contribution is 2.42. The van der Waals surface area contributed by atoms with Gasteiger partial charge in [-0.3, -0.25) is 9.89 Å². The van der Waals surface area contributed by atoms with E-state index in [0.29, 0.717) is 18.7 Å². The fourth-order valence-corrected chi connectivity index (χ4v) is 4.28. The van der Waals surface area contributed by atoms with Gasteiger partial charge in [0.2, 0.25) is 0 Å².